The molecule has 0 aromatic heterocycles. The number of thiocarbonyl (C=S) groups is 1. The Morgan fingerprint density at radius 3 is 2.79 bits per heavy atom. The van der Waals surface area contributed by atoms with Crippen molar-refractivity contribution in [1.82, 2.24) is 15.6 Å². The highest BCUT2D eigenvalue weighted by Gasteiger charge is 2.08. The monoisotopic (exact) mass is 346 g/mol. The lowest BCUT2D eigenvalue weighted by molar-refractivity contribution is 0.0376. The van der Waals surface area contributed by atoms with E-state index in [0.29, 0.717) is 5.11 Å². The van der Waals surface area contributed by atoms with Crippen molar-refractivity contribution in [2.75, 3.05) is 39.4 Å². The molecular formula is C18H26N4OS. The molecule has 0 amide bonds. The van der Waals surface area contributed by atoms with E-state index in [4.69, 9.17) is 17.0 Å². The van der Waals surface area contributed by atoms with Crippen molar-refractivity contribution in [3.05, 3.63) is 41.5 Å². The summed E-state index contributed by atoms with van der Waals surface area (Å²) in [6.45, 7) is 7.67. The van der Waals surface area contributed by atoms with Crippen LogP contribution in [0.3, 0.4) is 0 Å². The summed E-state index contributed by atoms with van der Waals surface area (Å²) in [7, 11) is 0. The molecule has 1 aliphatic rings. The van der Waals surface area contributed by atoms with Gasteiger partial charge in [0.15, 0.2) is 5.11 Å². The molecule has 0 aliphatic carbocycles. The van der Waals surface area contributed by atoms with Crippen molar-refractivity contribution in [2.24, 2.45) is 5.10 Å². The van der Waals surface area contributed by atoms with Gasteiger partial charge in [-0.25, -0.2) is 0 Å². The summed E-state index contributed by atoms with van der Waals surface area (Å²) in [5, 5.41) is 7.89. The third-order valence-electron chi connectivity index (χ3n) is 3.67. The SMILES string of the molecule is CC(/C=N\NC(=S)NCCCN1CCOCC1)=C\c1ccccc1. The highest BCUT2D eigenvalue weighted by molar-refractivity contribution is 7.80. The number of ether oxygens (including phenoxy) is 1. The minimum atomic E-state index is 0.556. The first-order valence-electron chi connectivity index (χ1n) is 8.34. The van der Waals surface area contributed by atoms with Gasteiger partial charge >= 0.3 is 0 Å². The summed E-state index contributed by atoms with van der Waals surface area (Å²) in [6.07, 6.45) is 4.90. The molecule has 1 fully saturated rings. The molecule has 24 heavy (non-hydrogen) atoms. The van der Waals surface area contributed by atoms with Crippen LogP contribution in [0.5, 0.6) is 0 Å². The topological polar surface area (TPSA) is 48.9 Å². The summed E-state index contributed by atoms with van der Waals surface area (Å²) < 4.78 is 5.34. The molecule has 1 aromatic carbocycles. The Bertz CT molecular complexity index is 553. The van der Waals surface area contributed by atoms with Gasteiger partial charge in [-0.15, -0.1) is 0 Å². The van der Waals surface area contributed by atoms with E-state index in [1.54, 1.807) is 6.21 Å². The van der Waals surface area contributed by atoms with Crippen LogP contribution >= 0.6 is 12.2 Å². The number of rotatable bonds is 7. The predicted molar refractivity (Wildman–Crippen MR) is 104 cm³/mol. The van der Waals surface area contributed by atoms with Crippen LogP contribution in [0.15, 0.2) is 41.0 Å². The van der Waals surface area contributed by atoms with Gasteiger partial charge < -0.3 is 10.1 Å². The highest BCUT2D eigenvalue weighted by atomic mass is 32.1. The summed E-state index contributed by atoms with van der Waals surface area (Å²) in [6, 6.07) is 10.2. The second-order valence-electron chi connectivity index (χ2n) is 5.73. The Balaban J connectivity index is 1.59. The Labute approximate surface area is 149 Å². The minimum absolute atomic E-state index is 0.556. The van der Waals surface area contributed by atoms with E-state index in [1.807, 2.05) is 25.1 Å². The molecule has 5 nitrogen and oxygen atoms in total. The van der Waals surface area contributed by atoms with Gasteiger partial charge in [0.2, 0.25) is 0 Å². The number of hydrogen-bond donors (Lipinski definition) is 2. The summed E-state index contributed by atoms with van der Waals surface area (Å²) in [5.74, 6) is 0. The Kier molecular flexibility index (Phi) is 8.45. The molecule has 1 saturated heterocycles. The fourth-order valence-electron chi connectivity index (χ4n) is 2.41. The van der Waals surface area contributed by atoms with Crippen molar-refractivity contribution in [1.29, 1.82) is 0 Å². The molecule has 1 aromatic rings. The molecule has 0 radical (unpaired) electrons. The molecule has 0 unspecified atom stereocenters. The van der Waals surface area contributed by atoms with Crippen molar-refractivity contribution in [3.63, 3.8) is 0 Å². The summed E-state index contributed by atoms with van der Waals surface area (Å²) in [4.78, 5) is 2.41. The third kappa shape index (κ3) is 7.68. The summed E-state index contributed by atoms with van der Waals surface area (Å²) in [5.41, 5.74) is 5.07. The molecule has 2 N–H and O–H groups in total. The maximum atomic E-state index is 5.34. The normalized spacial score (nSPS) is 16.3. The number of benzene rings is 1. The van der Waals surface area contributed by atoms with Crippen LogP contribution in [0.2, 0.25) is 0 Å². The van der Waals surface area contributed by atoms with Crippen LogP contribution in [0, 0.1) is 0 Å². The molecular weight excluding hydrogens is 320 g/mol. The smallest absolute Gasteiger partial charge is 0.186 e. The fourth-order valence-corrected chi connectivity index (χ4v) is 2.57. The van der Waals surface area contributed by atoms with Crippen molar-refractivity contribution in [3.8, 4) is 0 Å². The van der Waals surface area contributed by atoms with Crippen molar-refractivity contribution >= 4 is 29.6 Å². The van der Waals surface area contributed by atoms with Crippen LogP contribution in [0.1, 0.15) is 18.9 Å². The molecule has 0 atom stereocenters. The van der Waals surface area contributed by atoms with Crippen molar-refractivity contribution in [2.45, 2.75) is 13.3 Å². The Morgan fingerprint density at radius 1 is 1.29 bits per heavy atom. The number of morpholine rings is 1. The number of allylic oxidation sites excluding steroid dienone is 1. The first-order chi connectivity index (χ1) is 11.7. The Morgan fingerprint density at radius 2 is 2.04 bits per heavy atom. The van der Waals surface area contributed by atoms with Gasteiger partial charge in [0.1, 0.15) is 0 Å². The predicted octanol–water partition coefficient (Wildman–Crippen LogP) is 2.26. The molecule has 0 saturated carbocycles. The second-order valence-corrected chi connectivity index (χ2v) is 6.14. The first-order valence-corrected chi connectivity index (χ1v) is 8.75. The third-order valence-corrected chi connectivity index (χ3v) is 3.90. The van der Waals surface area contributed by atoms with Gasteiger partial charge in [0.05, 0.1) is 19.4 Å². The standard InChI is InChI=1S/C18H26N4OS/c1-16(14-17-6-3-2-4-7-17)15-20-21-18(24)19-8-5-9-22-10-12-23-13-11-22/h2-4,6-7,14-15H,5,8-13H2,1H3,(H2,19,21,24)/b16-14+,20-15-. The van der Waals surface area contributed by atoms with Crippen LogP contribution in [0.25, 0.3) is 6.08 Å². The first kappa shape index (κ1) is 18.6. The second kappa shape index (κ2) is 10.9. The quantitative estimate of drug-likeness (QED) is 0.343. The minimum Gasteiger partial charge on any atom is -0.379 e. The van der Waals surface area contributed by atoms with Gasteiger partial charge in [-0.2, -0.15) is 5.10 Å². The maximum Gasteiger partial charge on any atom is 0.186 e. The van der Waals surface area contributed by atoms with Gasteiger partial charge in [-0.3, -0.25) is 10.3 Å². The van der Waals surface area contributed by atoms with E-state index in [-0.39, 0.29) is 0 Å². The van der Waals surface area contributed by atoms with Crippen molar-refractivity contribution < 1.29 is 4.74 Å². The molecule has 130 valence electrons. The van der Waals surface area contributed by atoms with Crippen LogP contribution < -0.4 is 10.7 Å². The van der Waals surface area contributed by atoms with Gasteiger partial charge in [0, 0.05) is 19.6 Å². The average molecular weight is 346 g/mol. The highest BCUT2D eigenvalue weighted by Crippen LogP contribution is 2.04. The van der Waals surface area contributed by atoms with E-state index in [1.165, 1.54) is 0 Å². The zero-order valence-electron chi connectivity index (χ0n) is 14.2. The van der Waals surface area contributed by atoms with E-state index in [2.05, 4.69) is 39.0 Å². The van der Waals surface area contributed by atoms with E-state index < -0.39 is 0 Å². The lowest BCUT2D eigenvalue weighted by Gasteiger charge is -2.26. The molecule has 1 aliphatic heterocycles. The zero-order valence-corrected chi connectivity index (χ0v) is 15.0. The molecule has 6 heteroatoms. The van der Waals surface area contributed by atoms with E-state index in [9.17, 15) is 0 Å². The van der Waals surface area contributed by atoms with E-state index in [0.717, 1.165) is 57.0 Å². The van der Waals surface area contributed by atoms with E-state index >= 15 is 0 Å². The lowest BCUT2D eigenvalue weighted by atomic mass is 10.1. The lowest BCUT2D eigenvalue weighted by Crippen LogP contribution is -2.39. The van der Waals surface area contributed by atoms with Gasteiger partial charge in [-0.05, 0) is 43.2 Å². The van der Waals surface area contributed by atoms with Crippen LogP contribution in [0.4, 0.5) is 0 Å². The fraction of sp³-hybridized carbons (Fsp3) is 0.444. The number of hydrogen-bond acceptors (Lipinski definition) is 4. The van der Waals surface area contributed by atoms with Crippen LogP contribution in [-0.4, -0.2) is 55.6 Å². The zero-order chi connectivity index (χ0) is 17.0. The molecule has 1 heterocycles. The molecule has 0 bridgehead atoms. The Hall–Kier alpha value is -1.76. The molecule has 0 spiro atoms. The number of hydrazone groups is 1. The molecule has 2 rings (SSSR count). The summed E-state index contributed by atoms with van der Waals surface area (Å²) >= 11 is 5.22. The number of nitrogens with zero attached hydrogens (tertiary/aromatic N) is 2. The van der Waals surface area contributed by atoms with Crippen LogP contribution in [-0.2, 0) is 4.74 Å². The average Bonchev–Trinajstić information content (AvgIpc) is 2.60. The maximum absolute atomic E-state index is 5.34. The number of nitrogens with one attached hydrogen (secondary N) is 2. The van der Waals surface area contributed by atoms with Gasteiger partial charge in [0.25, 0.3) is 0 Å². The van der Waals surface area contributed by atoms with Gasteiger partial charge in [-0.1, -0.05) is 36.4 Å². The largest absolute Gasteiger partial charge is 0.379 e.